The summed E-state index contributed by atoms with van der Waals surface area (Å²) in [6.07, 6.45) is 2.06. The summed E-state index contributed by atoms with van der Waals surface area (Å²) in [5, 5.41) is 6.44. The second-order valence-corrected chi connectivity index (χ2v) is 4.25. The molecule has 1 aromatic carbocycles. The maximum Gasteiger partial charge on any atom is 0.191 e. The molecular formula is C15H26IN3O. The highest BCUT2D eigenvalue weighted by Gasteiger charge is 1.97. The summed E-state index contributed by atoms with van der Waals surface area (Å²) >= 11 is 0. The van der Waals surface area contributed by atoms with Gasteiger partial charge in [0, 0.05) is 19.6 Å². The van der Waals surface area contributed by atoms with Gasteiger partial charge in [-0.1, -0.05) is 12.1 Å². The average molecular weight is 391 g/mol. The number of ether oxygens (including phenoxy) is 1. The molecule has 0 aliphatic heterocycles. The van der Waals surface area contributed by atoms with Crippen molar-refractivity contribution < 1.29 is 4.74 Å². The molecular weight excluding hydrogens is 365 g/mol. The van der Waals surface area contributed by atoms with Gasteiger partial charge in [-0.15, -0.1) is 24.0 Å². The first-order valence-corrected chi connectivity index (χ1v) is 6.95. The minimum Gasteiger partial charge on any atom is -0.497 e. The molecule has 4 nitrogen and oxygen atoms in total. The van der Waals surface area contributed by atoms with Gasteiger partial charge in [-0.2, -0.15) is 0 Å². The molecule has 0 unspecified atom stereocenters. The van der Waals surface area contributed by atoms with Crippen molar-refractivity contribution >= 4 is 29.9 Å². The molecule has 0 aromatic heterocycles. The summed E-state index contributed by atoms with van der Waals surface area (Å²) in [7, 11) is 1.70. The second-order valence-electron chi connectivity index (χ2n) is 4.25. The van der Waals surface area contributed by atoms with Crippen LogP contribution in [0, 0.1) is 0 Å². The first-order valence-electron chi connectivity index (χ1n) is 6.95. The van der Waals surface area contributed by atoms with Crippen molar-refractivity contribution in [2.75, 3.05) is 26.7 Å². The minimum absolute atomic E-state index is 0. The largest absolute Gasteiger partial charge is 0.497 e. The Morgan fingerprint density at radius 1 is 1.20 bits per heavy atom. The number of hydrogen-bond donors (Lipinski definition) is 2. The van der Waals surface area contributed by atoms with Crippen LogP contribution in [0.25, 0.3) is 0 Å². The van der Waals surface area contributed by atoms with E-state index in [1.165, 1.54) is 5.56 Å². The predicted molar refractivity (Wildman–Crippen MR) is 96.4 cm³/mol. The lowest BCUT2D eigenvalue weighted by molar-refractivity contribution is 0.414. The molecule has 2 N–H and O–H groups in total. The van der Waals surface area contributed by atoms with E-state index in [1.54, 1.807) is 7.11 Å². The zero-order chi connectivity index (χ0) is 13.9. The first kappa shape index (κ1) is 19.0. The Hall–Kier alpha value is -0.980. The molecule has 0 saturated carbocycles. The summed E-state index contributed by atoms with van der Waals surface area (Å²) in [5.74, 6) is 1.82. The van der Waals surface area contributed by atoms with Crippen LogP contribution in [0.2, 0.25) is 0 Å². The molecule has 1 aromatic rings. The van der Waals surface area contributed by atoms with Gasteiger partial charge in [-0.25, -0.2) is 0 Å². The fourth-order valence-corrected chi connectivity index (χ4v) is 1.81. The van der Waals surface area contributed by atoms with Crippen molar-refractivity contribution in [3.05, 3.63) is 29.8 Å². The molecule has 0 aliphatic carbocycles. The first-order chi connectivity index (χ1) is 9.30. The Labute approximate surface area is 139 Å². The number of aliphatic imine (C=N–C) groups is 1. The number of rotatable bonds is 7. The monoisotopic (exact) mass is 391 g/mol. The third-order valence-corrected chi connectivity index (χ3v) is 2.72. The van der Waals surface area contributed by atoms with Gasteiger partial charge in [0.15, 0.2) is 5.96 Å². The molecule has 0 bridgehead atoms. The number of nitrogens with zero attached hydrogens (tertiary/aromatic N) is 1. The minimum atomic E-state index is 0. The van der Waals surface area contributed by atoms with Gasteiger partial charge in [0.2, 0.25) is 0 Å². The van der Waals surface area contributed by atoms with Crippen LogP contribution in [0.5, 0.6) is 5.75 Å². The van der Waals surface area contributed by atoms with Gasteiger partial charge in [-0.3, -0.25) is 4.99 Å². The lowest BCUT2D eigenvalue weighted by Gasteiger charge is -2.09. The number of guanidine groups is 1. The highest BCUT2D eigenvalue weighted by atomic mass is 127. The van der Waals surface area contributed by atoms with Crippen LogP contribution < -0.4 is 15.4 Å². The number of methoxy groups -OCH3 is 1. The molecule has 0 heterocycles. The third kappa shape index (κ3) is 7.57. The van der Waals surface area contributed by atoms with Gasteiger partial charge < -0.3 is 15.4 Å². The van der Waals surface area contributed by atoms with Crippen molar-refractivity contribution in [2.24, 2.45) is 4.99 Å². The molecule has 0 amide bonds. The molecule has 0 aliphatic rings. The van der Waals surface area contributed by atoms with Crippen molar-refractivity contribution in [3.8, 4) is 5.75 Å². The number of aryl methyl sites for hydroxylation is 1. The highest BCUT2D eigenvalue weighted by molar-refractivity contribution is 14.0. The summed E-state index contributed by atoms with van der Waals surface area (Å²) in [5.41, 5.74) is 1.29. The fraction of sp³-hybridized carbons (Fsp3) is 0.533. The van der Waals surface area contributed by atoms with Crippen molar-refractivity contribution in [3.63, 3.8) is 0 Å². The molecule has 0 fully saturated rings. The predicted octanol–water partition coefficient (Wildman–Crippen LogP) is 2.82. The van der Waals surface area contributed by atoms with E-state index in [-0.39, 0.29) is 24.0 Å². The number of hydrogen-bond acceptors (Lipinski definition) is 2. The van der Waals surface area contributed by atoms with E-state index in [1.807, 2.05) is 12.1 Å². The summed E-state index contributed by atoms with van der Waals surface area (Å²) in [4.78, 5) is 4.52. The van der Waals surface area contributed by atoms with E-state index in [0.29, 0.717) is 0 Å². The zero-order valence-corrected chi connectivity index (χ0v) is 14.9. The Balaban J connectivity index is 0.00000361. The van der Waals surface area contributed by atoms with Gasteiger partial charge in [-0.05, 0) is 44.4 Å². The fourth-order valence-electron chi connectivity index (χ4n) is 1.81. The van der Waals surface area contributed by atoms with Crippen LogP contribution in [0.3, 0.4) is 0 Å². The maximum absolute atomic E-state index is 5.22. The average Bonchev–Trinajstić information content (AvgIpc) is 2.44. The molecule has 0 spiro atoms. The maximum atomic E-state index is 5.22. The Morgan fingerprint density at radius 3 is 2.50 bits per heavy atom. The van der Waals surface area contributed by atoms with E-state index in [2.05, 4.69) is 41.6 Å². The zero-order valence-electron chi connectivity index (χ0n) is 12.6. The molecule has 0 saturated heterocycles. The van der Waals surface area contributed by atoms with Gasteiger partial charge in [0.1, 0.15) is 5.75 Å². The molecule has 1 rings (SSSR count). The van der Waals surface area contributed by atoms with Crippen LogP contribution in [0.15, 0.2) is 29.3 Å². The number of benzene rings is 1. The van der Waals surface area contributed by atoms with Crippen LogP contribution in [-0.2, 0) is 6.42 Å². The van der Waals surface area contributed by atoms with Crippen LogP contribution >= 0.6 is 24.0 Å². The van der Waals surface area contributed by atoms with E-state index in [4.69, 9.17) is 4.74 Å². The van der Waals surface area contributed by atoms with Crippen LogP contribution in [0.1, 0.15) is 25.8 Å². The molecule has 0 radical (unpaired) electrons. The van der Waals surface area contributed by atoms with Gasteiger partial charge in [0.25, 0.3) is 0 Å². The van der Waals surface area contributed by atoms with E-state index in [9.17, 15) is 0 Å². The van der Waals surface area contributed by atoms with E-state index >= 15 is 0 Å². The number of nitrogens with one attached hydrogen (secondary N) is 2. The third-order valence-electron chi connectivity index (χ3n) is 2.72. The van der Waals surface area contributed by atoms with Crippen molar-refractivity contribution in [2.45, 2.75) is 26.7 Å². The lowest BCUT2D eigenvalue weighted by atomic mass is 10.1. The molecule has 5 heteroatoms. The lowest BCUT2D eigenvalue weighted by Crippen LogP contribution is -2.37. The standard InChI is InChI=1S/C15H25N3O.HI/c1-4-16-15(17-5-2)18-11-7-9-13-8-6-10-14(12-13)19-3;/h6,8,10,12H,4-5,7,9,11H2,1-3H3,(H2,16,17,18);1H. The molecule has 20 heavy (non-hydrogen) atoms. The second kappa shape index (κ2) is 11.8. The topological polar surface area (TPSA) is 45.7 Å². The van der Waals surface area contributed by atoms with E-state index in [0.717, 1.165) is 44.2 Å². The summed E-state index contributed by atoms with van der Waals surface area (Å²) < 4.78 is 5.22. The summed E-state index contributed by atoms with van der Waals surface area (Å²) in [6, 6.07) is 8.21. The highest BCUT2D eigenvalue weighted by Crippen LogP contribution is 2.13. The van der Waals surface area contributed by atoms with Crippen molar-refractivity contribution in [1.29, 1.82) is 0 Å². The molecule has 114 valence electrons. The van der Waals surface area contributed by atoms with Gasteiger partial charge in [0.05, 0.1) is 7.11 Å². The normalized spacial score (nSPS) is 9.35. The summed E-state index contributed by atoms with van der Waals surface area (Å²) in [6.45, 7) is 6.75. The van der Waals surface area contributed by atoms with Crippen LogP contribution in [0.4, 0.5) is 0 Å². The van der Waals surface area contributed by atoms with E-state index < -0.39 is 0 Å². The van der Waals surface area contributed by atoms with Crippen LogP contribution in [-0.4, -0.2) is 32.7 Å². The quantitative estimate of drug-likeness (QED) is 0.325. The van der Waals surface area contributed by atoms with Crippen molar-refractivity contribution in [1.82, 2.24) is 10.6 Å². The SMILES string of the molecule is CCNC(=NCCCc1cccc(OC)c1)NCC.I. The Morgan fingerprint density at radius 2 is 1.90 bits per heavy atom. The van der Waals surface area contributed by atoms with Gasteiger partial charge >= 0.3 is 0 Å². The molecule has 0 atom stereocenters. The Kier molecular flexibility index (Phi) is 11.2. The smallest absolute Gasteiger partial charge is 0.191 e. The Bertz CT molecular complexity index is 388. The number of halogens is 1.